The maximum absolute atomic E-state index is 11.6. The number of oxazole rings is 1. The van der Waals surface area contributed by atoms with Crippen molar-refractivity contribution in [3.05, 3.63) is 17.3 Å². The number of ether oxygens (including phenoxy) is 2. The van der Waals surface area contributed by atoms with Crippen LogP contribution in [0.5, 0.6) is 0 Å². The van der Waals surface area contributed by atoms with Crippen LogP contribution in [0.1, 0.15) is 47.8 Å². The molecule has 1 aliphatic rings. The van der Waals surface area contributed by atoms with E-state index in [2.05, 4.69) is 4.98 Å². The topological polar surface area (TPSA) is 61.6 Å². The molecule has 0 N–H and O–H groups in total. The van der Waals surface area contributed by atoms with Gasteiger partial charge < -0.3 is 13.9 Å². The Morgan fingerprint density at radius 1 is 1.59 bits per heavy atom. The van der Waals surface area contributed by atoms with Gasteiger partial charge in [0.25, 0.3) is 0 Å². The van der Waals surface area contributed by atoms with Crippen LogP contribution in [0.25, 0.3) is 0 Å². The molecule has 0 radical (unpaired) electrons. The molecule has 1 aromatic heterocycles. The summed E-state index contributed by atoms with van der Waals surface area (Å²) in [5.74, 6) is 0.567. The summed E-state index contributed by atoms with van der Waals surface area (Å²) >= 11 is 0. The fourth-order valence-corrected chi connectivity index (χ4v) is 1.93. The Balaban J connectivity index is 2.26. The average molecular weight is 239 g/mol. The lowest BCUT2D eigenvalue weighted by atomic mass is 10.1. The van der Waals surface area contributed by atoms with Crippen LogP contribution in [0.15, 0.2) is 4.42 Å². The molecule has 0 spiro atoms. The summed E-state index contributed by atoms with van der Waals surface area (Å²) < 4.78 is 15.5. The molecular formula is C12H17NO4. The van der Waals surface area contributed by atoms with Gasteiger partial charge in [-0.3, -0.25) is 0 Å². The molecule has 1 aromatic rings. The van der Waals surface area contributed by atoms with Gasteiger partial charge in [0.15, 0.2) is 0 Å². The van der Waals surface area contributed by atoms with Crippen LogP contribution in [0.3, 0.4) is 0 Å². The van der Waals surface area contributed by atoms with Crippen LogP contribution >= 0.6 is 0 Å². The van der Waals surface area contributed by atoms with Crippen LogP contribution in [0.4, 0.5) is 0 Å². The summed E-state index contributed by atoms with van der Waals surface area (Å²) in [5.41, 5.74) is 0.696. The number of carbonyl (C=O) groups excluding carboxylic acids is 1. The van der Waals surface area contributed by atoms with Gasteiger partial charge in [-0.05, 0) is 12.8 Å². The van der Waals surface area contributed by atoms with E-state index in [0.29, 0.717) is 18.2 Å². The van der Waals surface area contributed by atoms with Crippen LogP contribution in [0.2, 0.25) is 0 Å². The van der Waals surface area contributed by atoms with Crippen LogP contribution in [0, 0.1) is 0 Å². The molecule has 0 amide bonds. The van der Waals surface area contributed by atoms with Crippen molar-refractivity contribution in [3.8, 4) is 0 Å². The highest BCUT2D eigenvalue weighted by Gasteiger charge is 2.27. The Kier molecular flexibility index (Phi) is 3.78. The molecule has 2 rings (SSSR count). The molecule has 5 heteroatoms. The number of nitrogens with zero attached hydrogens (tertiary/aromatic N) is 1. The second kappa shape index (κ2) is 5.31. The van der Waals surface area contributed by atoms with E-state index in [1.807, 2.05) is 6.92 Å². The van der Waals surface area contributed by atoms with Gasteiger partial charge in [-0.25, -0.2) is 9.78 Å². The Labute approximate surface area is 100 Å². The van der Waals surface area contributed by atoms with Gasteiger partial charge in [0.05, 0.1) is 25.3 Å². The van der Waals surface area contributed by atoms with E-state index in [0.717, 1.165) is 25.9 Å². The average Bonchev–Trinajstić information content (AvgIpc) is 2.96. The van der Waals surface area contributed by atoms with Crippen molar-refractivity contribution in [1.82, 2.24) is 4.98 Å². The monoisotopic (exact) mass is 239 g/mol. The highest BCUT2D eigenvalue weighted by atomic mass is 16.5. The molecule has 5 nitrogen and oxygen atoms in total. The molecule has 0 aromatic carbocycles. The highest BCUT2D eigenvalue weighted by Crippen LogP contribution is 2.27. The number of rotatable bonds is 4. The molecule has 0 saturated carbocycles. The third kappa shape index (κ3) is 2.49. The maximum Gasteiger partial charge on any atom is 0.375 e. The normalized spacial score (nSPS) is 19.5. The first-order valence-electron chi connectivity index (χ1n) is 5.92. The van der Waals surface area contributed by atoms with Gasteiger partial charge in [-0.15, -0.1) is 0 Å². The summed E-state index contributed by atoms with van der Waals surface area (Å²) in [4.78, 5) is 16.0. The predicted molar refractivity (Wildman–Crippen MR) is 60.0 cm³/mol. The zero-order chi connectivity index (χ0) is 12.3. The molecule has 0 bridgehead atoms. The maximum atomic E-state index is 11.6. The molecular weight excluding hydrogens is 222 g/mol. The summed E-state index contributed by atoms with van der Waals surface area (Å²) in [6.45, 7) is 3.38. The third-order valence-electron chi connectivity index (χ3n) is 2.85. The minimum Gasteiger partial charge on any atom is -0.463 e. The molecule has 1 atom stereocenters. The molecule has 1 unspecified atom stereocenters. The van der Waals surface area contributed by atoms with Crippen molar-refractivity contribution in [2.24, 2.45) is 0 Å². The number of methoxy groups -OCH3 is 1. The van der Waals surface area contributed by atoms with E-state index in [1.54, 1.807) is 0 Å². The second-order valence-corrected chi connectivity index (χ2v) is 4.13. The Morgan fingerprint density at radius 2 is 2.41 bits per heavy atom. The van der Waals surface area contributed by atoms with Crippen molar-refractivity contribution in [1.29, 1.82) is 0 Å². The number of carbonyl (C=O) groups is 1. The van der Waals surface area contributed by atoms with Crippen LogP contribution in [-0.2, 0) is 15.9 Å². The zero-order valence-electron chi connectivity index (χ0n) is 10.2. The standard InChI is InChI=1S/C12H17NO4/c1-3-4-9-10(12(14)15-2)17-11(13-9)8-5-6-16-7-8/h8H,3-7H2,1-2H3. The Morgan fingerprint density at radius 3 is 3.00 bits per heavy atom. The van der Waals surface area contributed by atoms with Crippen molar-refractivity contribution in [2.75, 3.05) is 20.3 Å². The zero-order valence-corrected chi connectivity index (χ0v) is 10.2. The van der Waals surface area contributed by atoms with Gasteiger partial charge in [0.1, 0.15) is 0 Å². The number of hydrogen-bond donors (Lipinski definition) is 0. The predicted octanol–water partition coefficient (Wildman–Crippen LogP) is 1.92. The summed E-state index contributed by atoms with van der Waals surface area (Å²) in [6.07, 6.45) is 2.53. The Hall–Kier alpha value is -1.36. The fourth-order valence-electron chi connectivity index (χ4n) is 1.93. The van der Waals surface area contributed by atoms with Gasteiger partial charge in [-0.1, -0.05) is 13.3 Å². The molecule has 1 aliphatic heterocycles. The third-order valence-corrected chi connectivity index (χ3v) is 2.85. The van der Waals surface area contributed by atoms with E-state index in [4.69, 9.17) is 13.9 Å². The number of aromatic nitrogens is 1. The van der Waals surface area contributed by atoms with Gasteiger partial charge in [0.2, 0.25) is 11.7 Å². The fraction of sp³-hybridized carbons (Fsp3) is 0.667. The molecule has 17 heavy (non-hydrogen) atoms. The van der Waals surface area contributed by atoms with E-state index >= 15 is 0 Å². The molecule has 94 valence electrons. The van der Waals surface area contributed by atoms with Crippen LogP contribution < -0.4 is 0 Å². The lowest BCUT2D eigenvalue weighted by Crippen LogP contribution is -2.03. The number of aryl methyl sites for hydroxylation is 1. The van der Waals surface area contributed by atoms with E-state index in [9.17, 15) is 4.79 Å². The largest absolute Gasteiger partial charge is 0.463 e. The lowest BCUT2D eigenvalue weighted by Gasteiger charge is -1.99. The molecule has 0 aliphatic carbocycles. The van der Waals surface area contributed by atoms with E-state index in [1.165, 1.54) is 7.11 Å². The highest BCUT2D eigenvalue weighted by molar-refractivity contribution is 5.87. The first kappa shape index (κ1) is 12.1. The summed E-state index contributed by atoms with van der Waals surface area (Å²) in [7, 11) is 1.35. The Bertz CT molecular complexity index is 393. The molecule has 1 fully saturated rings. The van der Waals surface area contributed by atoms with E-state index in [-0.39, 0.29) is 11.7 Å². The summed E-state index contributed by atoms with van der Waals surface area (Å²) in [5, 5.41) is 0. The quantitative estimate of drug-likeness (QED) is 0.751. The first-order chi connectivity index (χ1) is 8.26. The van der Waals surface area contributed by atoms with Crippen molar-refractivity contribution in [3.63, 3.8) is 0 Å². The minimum atomic E-state index is -0.453. The van der Waals surface area contributed by atoms with Crippen molar-refractivity contribution < 1.29 is 18.7 Å². The van der Waals surface area contributed by atoms with Gasteiger partial charge in [-0.2, -0.15) is 0 Å². The van der Waals surface area contributed by atoms with Crippen LogP contribution in [-0.4, -0.2) is 31.3 Å². The molecule has 1 saturated heterocycles. The minimum absolute atomic E-state index is 0.170. The smallest absolute Gasteiger partial charge is 0.375 e. The van der Waals surface area contributed by atoms with Gasteiger partial charge in [0, 0.05) is 6.61 Å². The summed E-state index contributed by atoms with van der Waals surface area (Å²) in [6, 6.07) is 0. The SMILES string of the molecule is CCCc1nc(C2CCOC2)oc1C(=O)OC. The number of hydrogen-bond acceptors (Lipinski definition) is 5. The number of esters is 1. The van der Waals surface area contributed by atoms with Gasteiger partial charge >= 0.3 is 5.97 Å². The molecule has 2 heterocycles. The van der Waals surface area contributed by atoms with Crippen molar-refractivity contribution >= 4 is 5.97 Å². The van der Waals surface area contributed by atoms with Crippen molar-refractivity contribution in [2.45, 2.75) is 32.1 Å². The lowest BCUT2D eigenvalue weighted by molar-refractivity contribution is 0.0560. The first-order valence-corrected chi connectivity index (χ1v) is 5.92. The van der Waals surface area contributed by atoms with E-state index < -0.39 is 5.97 Å². The second-order valence-electron chi connectivity index (χ2n) is 4.13.